The molecule has 0 saturated heterocycles. The molecule has 0 spiro atoms. The summed E-state index contributed by atoms with van der Waals surface area (Å²) in [7, 11) is -3.99. The summed E-state index contributed by atoms with van der Waals surface area (Å²) in [6.07, 6.45) is 0. The summed E-state index contributed by atoms with van der Waals surface area (Å²) in [6, 6.07) is 16.7. The largest absolute Gasteiger partial charge is 0.329 e. The first-order valence-corrected chi connectivity index (χ1v) is 12.6. The van der Waals surface area contributed by atoms with Crippen LogP contribution in [0.2, 0.25) is 0 Å². The van der Waals surface area contributed by atoms with E-state index in [4.69, 9.17) is 0 Å². The lowest BCUT2D eigenvalue weighted by atomic mass is 10.1. The molecule has 0 saturated carbocycles. The monoisotopic (exact) mass is 477 g/mol. The zero-order chi connectivity index (χ0) is 24.6. The van der Waals surface area contributed by atoms with Gasteiger partial charge < -0.3 is 5.32 Å². The number of nitrogens with one attached hydrogen (secondary N) is 1. The average molecular weight is 478 g/mol. The summed E-state index contributed by atoms with van der Waals surface area (Å²) in [5.41, 5.74) is 3.25. The zero-order valence-electron chi connectivity index (χ0n) is 19.6. The molecule has 1 N–H and O–H groups in total. The van der Waals surface area contributed by atoms with Crippen molar-refractivity contribution < 1.29 is 13.2 Å². The van der Waals surface area contributed by atoms with Gasteiger partial charge >= 0.3 is 5.69 Å². The van der Waals surface area contributed by atoms with Crippen LogP contribution < -0.4 is 11.0 Å². The van der Waals surface area contributed by atoms with Crippen LogP contribution in [0, 0.1) is 13.8 Å². The molecule has 0 unspecified atom stereocenters. The van der Waals surface area contributed by atoms with Crippen molar-refractivity contribution in [1.29, 1.82) is 0 Å². The van der Waals surface area contributed by atoms with Gasteiger partial charge in [0, 0.05) is 18.7 Å². The van der Waals surface area contributed by atoms with E-state index in [1.54, 1.807) is 57.7 Å². The molecule has 176 valence electrons. The van der Waals surface area contributed by atoms with Crippen molar-refractivity contribution in [2.45, 2.75) is 50.6 Å². The number of sulfone groups is 1. The highest BCUT2D eigenvalue weighted by atomic mass is 32.2. The molecule has 0 bridgehead atoms. The van der Waals surface area contributed by atoms with Gasteiger partial charge in [-0.3, -0.25) is 13.9 Å². The Morgan fingerprint density at radius 3 is 2.06 bits per heavy atom. The highest BCUT2D eigenvalue weighted by Gasteiger charge is 2.26. The number of anilines is 1. The van der Waals surface area contributed by atoms with E-state index >= 15 is 0 Å². The van der Waals surface area contributed by atoms with Crippen LogP contribution in [0.25, 0.3) is 11.0 Å². The molecule has 0 aliphatic carbocycles. The van der Waals surface area contributed by atoms with Gasteiger partial charge in [-0.25, -0.2) is 13.2 Å². The number of imidazole rings is 1. The summed E-state index contributed by atoms with van der Waals surface area (Å²) in [4.78, 5) is 26.0. The minimum absolute atomic E-state index is 0.0553. The Morgan fingerprint density at radius 1 is 0.853 bits per heavy atom. The number of benzene rings is 3. The fraction of sp³-hybridized carbons (Fsp3) is 0.231. The number of amides is 1. The second kappa shape index (κ2) is 8.95. The highest BCUT2D eigenvalue weighted by molar-refractivity contribution is 7.91. The maximum atomic E-state index is 13.7. The van der Waals surface area contributed by atoms with Crippen molar-refractivity contribution in [3.05, 3.63) is 87.8 Å². The second-order valence-electron chi connectivity index (χ2n) is 8.25. The number of carbonyl (C=O) groups excluding carboxylic acids is 1. The fourth-order valence-corrected chi connectivity index (χ4v) is 5.51. The van der Waals surface area contributed by atoms with E-state index in [-0.39, 0.29) is 21.2 Å². The molecule has 7 nitrogen and oxygen atoms in total. The van der Waals surface area contributed by atoms with Gasteiger partial charge in [-0.2, -0.15) is 0 Å². The Labute approximate surface area is 198 Å². The van der Waals surface area contributed by atoms with Crippen LogP contribution in [0.15, 0.2) is 75.2 Å². The quantitative estimate of drug-likeness (QED) is 0.441. The topological polar surface area (TPSA) is 90.2 Å². The average Bonchev–Trinajstić information content (AvgIpc) is 3.08. The third kappa shape index (κ3) is 4.05. The summed E-state index contributed by atoms with van der Waals surface area (Å²) >= 11 is 0. The lowest BCUT2D eigenvalue weighted by Gasteiger charge is -2.14. The van der Waals surface area contributed by atoms with E-state index < -0.39 is 15.7 Å². The van der Waals surface area contributed by atoms with Crippen molar-refractivity contribution in [2.75, 3.05) is 5.32 Å². The maximum Gasteiger partial charge on any atom is 0.329 e. The molecule has 0 aliphatic rings. The predicted molar refractivity (Wildman–Crippen MR) is 133 cm³/mol. The van der Waals surface area contributed by atoms with E-state index in [2.05, 4.69) is 5.32 Å². The van der Waals surface area contributed by atoms with Crippen molar-refractivity contribution in [1.82, 2.24) is 9.13 Å². The third-order valence-corrected chi connectivity index (χ3v) is 7.71. The van der Waals surface area contributed by atoms with Crippen molar-refractivity contribution in [3.63, 3.8) is 0 Å². The number of aryl methyl sites for hydroxylation is 4. The predicted octanol–water partition coefficient (Wildman–Crippen LogP) is 4.54. The summed E-state index contributed by atoms with van der Waals surface area (Å²) < 4.78 is 30.5. The van der Waals surface area contributed by atoms with Crippen molar-refractivity contribution >= 4 is 32.5 Å². The molecule has 3 aromatic carbocycles. The van der Waals surface area contributed by atoms with Gasteiger partial charge in [-0.15, -0.1) is 0 Å². The van der Waals surface area contributed by atoms with Crippen LogP contribution in [-0.2, 0) is 22.9 Å². The van der Waals surface area contributed by atoms with Gasteiger partial charge in [-0.05, 0) is 64.1 Å². The molecule has 4 aromatic rings. The van der Waals surface area contributed by atoms with E-state index in [9.17, 15) is 18.0 Å². The van der Waals surface area contributed by atoms with Crippen LogP contribution in [0.5, 0.6) is 0 Å². The Balaban J connectivity index is 1.97. The van der Waals surface area contributed by atoms with Crippen LogP contribution in [0.1, 0.15) is 35.3 Å². The lowest BCUT2D eigenvalue weighted by Crippen LogP contribution is -2.23. The number of fused-ring (bicyclic) bond motifs is 1. The normalized spacial score (nSPS) is 11.6. The van der Waals surface area contributed by atoms with Crippen LogP contribution >= 0.6 is 0 Å². The van der Waals surface area contributed by atoms with Crippen LogP contribution in [0.4, 0.5) is 5.69 Å². The lowest BCUT2D eigenvalue weighted by molar-refractivity contribution is 0.102. The Morgan fingerprint density at radius 2 is 1.47 bits per heavy atom. The molecule has 1 amide bonds. The number of rotatable bonds is 6. The molecular formula is C26H27N3O4S. The molecule has 0 atom stereocenters. The van der Waals surface area contributed by atoms with E-state index in [1.807, 2.05) is 33.8 Å². The van der Waals surface area contributed by atoms with E-state index in [0.717, 1.165) is 11.1 Å². The highest BCUT2D eigenvalue weighted by Crippen LogP contribution is 2.32. The van der Waals surface area contributed by atoms with Gasteiger partial charge in [0.2, 0.25) is 9.84 Å². The number of carbonyl (C=O) groups is 1. The third-order valence-electron chi connectivity index (χ3n) is 5.90. The van der Waals surface area contributed by atoms with E-state index in [1.165, 1.54) is 6.07 Å². The molecule has 4 rings (SSSR count). The number of hydrogen-bond donors (Lipinski definition) is 1. The SMILES string of the molecule is CCn1c(=O)n(CC)c2cc(S(=O)(=O)c3ccc(C)cc3)c(NC(=O)c3cccc(C)c3)cc21. The van der Waals surface area contributed by atoms with Crippen LogP contribution in [-0.4, -0.2) is 23.5 Å². The summed E-state index contributed by atoms with van der Waals surface area (Å²) in [5, 5.41) is 2.79. The zero-order valence-corrected chi connectivity index (χ0v) is 20.4. The molecule has 8 heteroatoms. The fourth-order valence-electron chi connectivity index (χ4n) is 4.10. The minimum Gasteiger partial charge on any atom is -0.321 e. The van der Waals surface area contributed by atoms with Crippen molar-refractivity contribution in [3.8, 4) is 0 Å². The van der Waals surface area contributed by atoms with Gasteiger partial charge in [-0.1, -0.05) is 35.4 Å². The Bertz CT molecular complexity index is 1560. The van der Waals surface area contributed by atoms with Gasteiger partial charge in [0.1, 0.15) is 0 Å². The standard InChI is InChI=1S/C26H27N3O4S/c1-5-28-22-15-21(27-25(30)19-9-7-8-18(4)14-19)24(16-23(22)29(6-2)26(28)31)34(32,33)20-12-10-17(3)11-13-20/h7-16H,5-6H2,1-4H3,(H,27,30). The Hall–Kier alpha value is -3.65. The first-order chi connectivity index (χ1) is 16.2. The van der Waals surface area contributed by atoms with Gasteiger partial charge in [0.15, 0.2) is 0 Å². The molecule has 0 radical (unpaired) electrons. The van der Waals surface area contributed by atoms with Gasteiger partial charge in [0.05, 0.1) is 26.5 Å². The van der Waals surface area contributed by atoms with Gasteiger partial charge in [0.25, 0.3) is 5.91 Å². The smallest absolute Gasteiger partial charge is 0.321 e. The first-order valence-electron chi connectivity index (χ1n) is 11.1. The molecule has 0 fully saturated rings. The molecule has 0 aliphatic heterocycles. The molecule has 1 heterocycles. The molecular weight excluding hydrogens is 450 g/mol. The van der Waals surface area contributed by atoms with Crippen molar-refractivity contribution in [2.24, 2.45) is 0 Å². The van der Waals surface area contributed by atoms with Crippen LogP contribution in [0.3, 0.4) is 0 Å². The Kier molecular flexibility index (Phi) is 6.18. The second-order valence-corrected chi connectivity index (χ2v) is 10.2. The number of hydrogen-bond acceptors (Lipinski definition) is 4. The molecule has 1 aromatic heterocycles. The first kappa shape index (κ1) is 23.5. The maximum absolute atomic E-state index is 13.7. The number of nitrogens with zero attached hydrogens (tertiary/aromatic N) is 2. The summed E-state index contributed by atoms with van der Waals surface area (Å²) in [6.45, 7) is 8.25. The molecule has 34 heavy (non-hydrogen) atoms. The van der Waals surface area contributed by atoms with E-state index in [0.29, 0.717) is 29.7 Å². The summed E-state index contributed by atoms with van der Waals surface area (Å²) in [5.74, 6) is -0.427. The minimum atomic E-state index is -3.99. The number of aromatic nitrogens is 2.